The van der Waals surface area contributed by atoms with Crippen molar-refractivity contribution in [2.24, 2.45) is 11.8 Å². The number of alkyl carbamates (subject to hydrolysis) is 1. The number of nitrogens with one attached hydrogen (secondary N) is 1. The Bertz CT molecular complexity index is 1040. The molecular weight excluding hydrogens is 448 g/mol. The van der Waals surface area contributed by atoms with Crippen molar-refractivity contribution in [3.8, 4) is 11.1 Å². The molecule has 186 valence electrons. The van der Waals surface area contributed by atoms with Gasteiger partial charge in [0.2, 0.25) is 5.91 Å². The molecule has 35 heavy (non-hydrogen) atoms. The van der Waals surface area contributed by atoms with Gasteiger partial charge in [-0.15, -0.1) is 0 Å². The van der Waals surface area contributed by atoms with E-state index in [1.54, 1.807) is 0 Å². The van der Waals surface area contributed by atoms with Crippen LogP contribution >= 0.6 is 0 Å². The van der Waals surface area contributed by atoms with Crippen molar-refractivity contribution < 1.29 is 29.0 Å². The predicted molar refractivity (Wildman–Crippen MR) is 130 cm³/mol. The van der Waals surface area contributed by atoms with E-state index in [9.17, 15) is 19.5 Å². The lowest BCUT2D eigenvalue weighted by molar-refractivity contribution is -0.144. The predicted octanol–water partition coefficient (Wildman–Crippen LogP) is 3.50. The molecule has 8 heteroatoms. The van der Waals surface area contributed by atoms with Gasteiger partial charge in [-0.25, -0.2) is 4.79 Å². The maximum Gasteiger partial charge on any atom is 0.407 e. The van der Waals surface area contributed by atoms with E-state index in [0.29, 0.717) is 13.2 Å². The van der Waals surface area contributed by atoms with Gasteiger partial charge in [0.15, 0.2) is 0 Å². The smallest absolute Gasteiger partial charge is 0.407 e. The second kappa shape index (κ2) is 10.9. The molecule has 1 heterocycles. The van der Waals surface area contributed by atoms with Crippen molar-refractivity contribution in [2.45, 2.75) is 32.2 Å². The van der Waals surface area contributed by atoms with Gasteiger partial charge in [-0.1, -0.05) is 62.4 Å². The van der Waals surface area contributed by atoms with Crippen LogP contribution in [0.25, 0.3) is 11.1 Å². The molecule has 2 amide bonds. The van der Waals surface area contributed by atoms with Crippen molar-refractivity contribution >= 4 is 18.0 Å². The molecule has 2 N–H and O–H groups in total. The Hall–Kier alpha value is -3.39. The average molecular weight is 481 g/mol. The topological polar surface area (TPSA) is 105 Å². The quantitative estimate of drug-likeness (QED) is 0.629. The molecule has 2 aromatic carbocycles. The first-order valence-electron chi connectivity index (χ1n) is 12.0. The van der Waals surface area contributed by atoms with E-state index in [0.717, 1.165) is 22.3 Å². The van der Waals surface area contributed by atoms with Gasteiger partial charge in [-0.05, 0) is 28.2 Å². The lowest BCUT2D eigenvalue weighted by Crippen LogP contribution is -2.45. The van der Waals surface area contributed by atoms with E-state index in [-0.39, 0.29) is 43.9 Å². The maximum absolute atomic E-state index is 12.9. The lowest BCUT2D eigenvalue weighted by Gasteiger charge is -2.27. The number of hydrogen-bond donors (Lipinski definition) is 2. The number of rotatable bonds is 7. The summed E-state index contributed by atoms with van der Waals surface area (Å²) in [6.07, 6.45) is -0.505. The van der Waals surface area contributed by atoms with Crippen LogP contribution in [-0.2, 0) is 19.1 Å². The SMILES string of the molecule is CC(C)C(CC(=O)N1CCOCC(C(=O)O)C1)NC(=O)OCC1c2ccccc2-c2ccccc21. The Kier molecular flexibility index (Phi) is 7.70. The summed E-state index contributed by atoms with van der Waals surface area (Å²) in [6.45, 7) is 4.86. The first kappa shape index (κ1) is 24.7. The Balaban J connectivity index is 1.36. The van der Waals surface area contributed by atoms with Gasteiger partial charge in [0.1, 0.15) is 6.61 Å². The van der Waals surface area contributed by atoms with Crippen molar-refractivity contribution in [1.29, 1.82) is 0 Å². The van der Waals surface area contributed by atoms with E-state index in [2.05, 4.69) is 29.6 Å². The number of carboxylic acids is 1. The fourth-order valence-corrected chi connectivity index (χ4v) is 4.75. The molecule has 2 aliphatic rings. The number of benzene rings is 2. The third-order valence-electron chi connectivity index (χ3n) is 6.81. The Morgan fingerprint density at radius 1 is 1.09 bits per heavy atom. The summed E-state index contributed by atoms with van der Waals surface area (Å²) in [5.74, 6) is -2.01. The van der Waals surface area contributed by atoms with Crippen LogP contribution in [0, 0.1) is 11.8 Å². The number of carboxylic acid groups (broad SMARTS) is 1. The van der Waals surface area contributed by atoms with Crippen molar-refractivity contribution in [2.75, 3.05) is 32.9 Å². The minimum atomic E-state index is -0.984. The highest BCUT2D eigenvalue weighted by Gasteiger charge is 2.31. The molecule has 8 nitrogen and oxygen atoms in total. The second-order valence-corrected chi connectivity index (χ2v) is 9.47. The minimum Gasteiger partial charge on any atom is -0.481 e. The molecule has 0 saturated carbocycles. The third kappa shape index (κ3) is 5.65. The monoisotopic (exact) mass is 480 g/mol. The van der Waals surface area contributed by atoms with Gasteiger partial charge < -0.3 is 24.8 Å². The largest absolute Gasteiger partial charge is 0.481 e. The van der Waals surface area contributed by atoms with Crippen LogP contribution in [0.5, 0.6) is 0 Å². The normalized spacial score (nSPS) is 18.4. The summed E-state index contributed by atoms with van der Waals surface area (Å²) in [5, 5.41) is 12.2. The molecule has 1 aliphatic heterocycles. The summed E-state index contributed by atoms with van der Waals surface area (Å²) in [4.78, 5) is 38.6. The molecule has 0 radical (unpaired) electrons. The summed E-state index contributed by atoms with van der Waals surface area (Å²) < 4.78 is 11.0. The third-order valence-corrected chi connectivity index (χ3v) is 6.81. The Morgan fingerprint density at radius 3 is 2.31 bits per heavy atom. The molecule has 0 aromatic heterocycles. The fraction of sp³-hybridized carbons (Fsp3) is 0.444. The molecule has 2 aromatic rings. The molecule has 2 unspecified atom stereocenters. The van der Waals surface area contributed by atoms with Gasteiger partial charge in [0.05, 0.1) is 19.1 Å². The number of nitrogens with zero attached hydrogens (tertiary/aromatic N) is 1. The van der Waals surface area contributed by atoms with E-state index in [1.165, 1.54) is 4.90 Å². The summed E-state index contributed by atoms with van der Waals surface area (Å²) in [6, 6.07) is 15.8. The summed E-state index contributed by atoms with van der Waals surface area (Å²) in [7, 11) is 0. The molecule has 0 spiro atoms. The molecule has 4 rings (SSSR count). The number of aliphatic carboxylic acids is 1. The molecule has 0 bridgehead atoms. The number of fused-ring (bicyclic) bond motifs is 3. The molecule has 1 fully saturated rings. The number of amides is 2. The van der Waals surface area contributed by atoms with E-state index in [4.69, 9.17) is 9.47 Å². The number of carbonyl (C=O) groups is 3. The zero-order chi connectivity index (χ0) is 24.9. The lowest BCUT2D eigenvalue weighted by atomic mass is 9.98. The van der Waals surface area contributed by atoms with E-state index < -0.39 is 24.0 Å². The van der Waals surface area contributed by atoms with Crippen LogP contribution in [0.15, 0.2) is 48.5 Å². The van der Waals surface area contributed by atoms with Gasteiger partial charge >= 0.3 is 12.1 Å². The van der Waals surface area contributed by atoms with Crippen molar-refractivity contribution in [3.63, 3.8) is 0 Å². The standard InChI is InChI=1S/C27H32N2O6/c1-17(2)24(13-25(30)29-11-12-34-15-18(14-29)26(31)32)28-27(33)35-16-23-21-9-5-3-7-19(21)20-8-4-6-10-22(20)23/h3-10,17-18,23-24H,11-16H2,1-2H3,(H,28,33)(H,31,32). The molecule has 1 saturated heterocycles. The second-order valence-electron chi connectivity index (χ2n) is 9.47. The zero-order valence-electron chi connectivity index (χ0n) is 20.1. The van der Waals surface area contributed by atoms with E-state index in [1.807, 2.05) is 38.1 Å². The zero-order valence-corrected chi connectivity index (χ0v) is 20.1. The Labute approximate surface area is 205 Å². The molecule has 2 atom stereocenters. The van der Waals surface area contributed by atoms with Gasteiger partial charge in [0, 0.05) is 31.5 Å². The highest BCUT2D eigenvalue weighted by Crippen LogP contribution is 2.44. The Morgan fingerprint density at radius 2 is 1.71 bits per heavy atom. The summed E-state index contributed by atoms with van der Waals surface area (Å²) >= 11 is 0. The maximum atomic E-state index is 12.9. The van der Waals surface area contributed by atoms with Gasteiger partial charge in [0.25, 0.3) is 0 Å². The number of ether oxygens (including phenoxy) is 2. The van der Waals surface area contributed by atoms with Crippen LogP contribution in [-0.4, -0.2) is 66.9 Å². The number of hydrogen-bond acceptors (Lipinski definition) is 5. The molecular formula is C27H32N2O6. The first-order valence-corrected chi connectivity index (χ1v) is 12.0. The number of carbonyl (C=O) groups excluding carboxylic acids is 2. The van der Waals surface area contributed by atoms with Crippen molar-refractivity contribution in [3.05, 3.63) is 59.7 Å². The minimum absolute atomic E-state index is 0.0158. The summed E-state index contributed by atoms with van der Waals surface area (Å²) in [5.41, 5.74) is 4.58. The van der Waals surface area contributed by atoms with Gasteiger partial charge in [-0.3, -0.25) is 9.59 Å². The van der Waals surface area contributed by atoms with Crippen LogP contribution in [0.4, 0.5) is 4.79 Å². The van der Waals surface area contributed by atoms with Crippen molar-refractivity contribution in [1.82, 2.24) is 10.2 Å². The van der Waals surface area contributed by atoms with E-state index >= 15 is 0 Å². The highest BCUT2D eigenvalue weighted by atomic mass is 16.5. The molecule has 1 aliphatic carbocycles. The average Bonchev–Trinajstić information content (AvgIpc) is 2.97. The van der Waals surface area contributed by atoms with Crippen LogP contribution in [0.1, 0.15) is 37.3 Å². The fourth-order valence-electron chi connectivity index (χ4n) is 4.75. The highest BCUT2D eigenvalue weighted by molar-refractivity contribution is 5.80. The van der Waals surface area contributed by atoms with Gasteiger partial charge in [-0.2, -0.15) is 0 Å². The van der Waals surface area contributed by atoms with Crippen LogP contribution < -0.4 is 5.32 Å². The van der Waals surface area contributed by atoms with Crippen LogP contribution in [0.3, 0.4) is 0 Å². The first-order chi connectivity index (χ1) is 16.8. The van der Waals surface area contributed by atoms with Crippen LogP contribution in [0.2, 0.25) is 0 Å².